The van der Waals surface area contributed by atoms with Crippen LogP contribution in [0.4, 0.5) is 4.79 Å². The number of hydrogen-bond acceptors (Lipinski definition) is 11. The van der Waals surface area contributed by atoms with Crippen LogP contribution in [-0.2, 0) is 35.5 Å². The van der Waals surface area contributed by atoms with Gasteiger partial charge in [0.25, 0.3) is 0 Å². The third kappa shape index (κ3) is 8.93. The fourth-order valence-electron chi connectivity index (χ4n) is 6.07. The number of sulfonamides is 1. The quantitative estimate of drug-likeness (QED) is 0.211. The van der Waals surface area contributed by atoms with Gasteiger partial charge in [-0.1, -0.05) is 49.3 Å². The van der Waals surface area contributed by atoms with Gasteiger partial charge < -0.3 is 38.9 Å². The SMILES string of the molecule is CO/N=C(\C)CCC(C)(C)CN(CC(O)[C@H](Cc1ccccc1)NC(=O)OC1COC2OCCC12)S(=O)(=O)c1ccc2c(c1)OCO2. The Morgan fingerprint density at radius 2 is 1.91 bits per heavy atom. The largest absolute Gasteiger partial charge is 0.454 e. The molecule has 14 heteroatoms. The summed E-state index contributed by atoms with van der Waals surface area (Å²) in [6.07, 6.45) is -0.747. The molecule has 3 aliphatic heterocycles. The van der Waals surface area contributed by atoms with Crippen molar-refractivity contribution in [1.82, 2.24) is 9.62 Å². The molecule has 2 aromatic rings. The molecule has 0 radical (unpaired) electrons. The fraction of sp³-hybridized carbons (Fsp3) is 0.576. The van der Waals surface area contributed by atoms with Gasteiger partial charge in [0.2, 0.25) is 16.8 Å². The molecule has 4 unspecified atom stereocenters. The molecular formula is C33H45N3O10S. The topological polar surface area (TPSA) is 154 Å². The molecule has 0 spiro atoms. The van der Waals surface area contributed by atoms with E-state index in [9.17, 15) is 18.3 Å². The summed E-state index contributed by atoms with van der Waals surface area (Å²) in [7, 11) is -2.68. The van der Waals surface area contributed by atoms with Crippen LogP contribution in [0.3, 0.4) is 0 Å². The molecular weight excluding hydrogens is 630 g/mol. The third-order valence-electron chi connectivity index (χ3n) is 8.70. The molecule has 5 atom stereocenters. The average Bonchev–Trinajstić information content (AvgIpc) is 3.79. The lowest BCUT2D eigenvalue weighted by Gasteiger charge is -2.35. The van der Waals surface area contributed by atoms with Crippen LogP contribution in [0.2, 0.25) is 0 Å². The number of aliphatic hydroxyl groups is 1. The Hall–Kier alpha value is -3.43. The lowest BCUT2D eigenvalue weighted by atomic mass is 9.86. The van der Waals surface area contributed by atoms with E-state index in [-0.39, 0.29) is 50.0 Å². The standard InChI is InChI=1S/C33H45N3O10S/c1-22(35-41-4)12-14-33(2,3)20-36(47(39,40)24-10-11-28-29(17-24)45-21-44-28)18-27(37)26(16-23-8-6-5-7-9-23)34-32(38)46-30-19-43-31-25(30)13-15-42-31/h5-11,17,25-27,30-31,37H,12-16,18-21H2,1-4H3,(H,34,38)/b35-22+/t25?,26-,27?,30?,31?/m0/s1. The van der Waals surface area contributed by atoms with E-state index in [0.717, 1.165) is 17.7 Å². The van der Waals surface area contributed by atoms with Gasteiger partial charge in [-0.3, -0.25) is 0 Å². The first-order valence-electron chi connectivity index (χ1n) is 15.8. The monoisotopic (exact) mass is 675 g/mol. The van der Waals surface area contributed by atoms with E-state index in [1.54, 1.807) is 6.07 Å². The summed E-state index contributed by atoms with van der Waals surface area (Å²) in [6.45, 7) is 6.31. The number of nitrogens with zero attached hydrogens (tertiary/aromatic N) is 2. The molecule has 1 amide bonds. The summed E-state index contributed by atoms with van der Waals surface area (Å²) in [4.78, 5) is 18.1. The van der Waals surface area contributed by atoms with Gasteiger partial charge in [0.05, 0.1) is 41.9 Å². The highest BCUT2D eigenvalue weighted by molar-refractivity contribution is 7.89. The number of amides is 1. The van der Waals surface area contributed by atoms with Crippen LogP contribution >= 0.6 is 0 Å². The molecule has 2 N–H and O–H groups in total. The molecule has 0 aliphatic carbocycles. The number of benzene rings is 2. The lowest BCUT2D eigenvalue weighted by molar-refractivity contribution is -0.0907. The molecule has 13 nitrogen and oxygen atoms in total. The Bertz CT molecular complexity index is 1500. The summed E-state index contributed by atoms with van der Waals surface area (Å²) >= 11 is 0. The molecule has 0 saturated carbocycles. The zero-order valence-electron chi connectivity index (χ0n) is 27.3. The van der Waals surface area contributed by atoms with Gasteiger partial charge in [0, 0.05) is 19.2 Å². The second-order valence-electron chi connectivity index (χ2n) is 13.0. The highest BCUT2D eigenvalue weighted by Gasteiger charge is 2.44. The van der Waals surface area contributed by atoms with Crippen LogP contribution in [0.15, 0.2) is 58.6 Å². The minimum Gasteiger partial charge on any atom is -0.454 e. The maximum Gasteiger partial charge on any atom is 0.407 e. The van der Waals surface area contributed by atoms with E-state index in [2.05, 4.69) is 10.5 Å². The molecule has 0 bridgehead atoms. The third-order valence-corrected chi connectivity index (χ3v) is 10.5. The minimum atomic E-state index is -4.15. The second kappa shape index (κ2) is 15.2. The highest BCUT2D eigenvalue weighted by atomic mass is 32.2. The number of carbonyl (C=O) groups excluding carboxylic acids is 1. The summed E-state index contributed by atoms with van der Waals surface area (Å²) in [5, 5.41) is 18.6. The summed E-state index contributed by atoms with van der Waals surface area (Å²) in [5.74, 6) is 0.729. The van der Waals surface area contributed by atoms with E-state index in [4.69, 9.17) is 28.5 Å². The van der Waals surface area contributed by atoms with Crippen molar-refractivity contribution in [3.8, 4) is 11.5 Å². The van der Waals surface area contributed by atoms with Gasteiger partial charge in [0.15, 0.2) is 17.8 Å². The number of oxime groups is 1. The number of ether oxygens (including phenoxy) is 5. The number of nitrogens with one attached hydrogen (secondary N) is 1. The van der Waals surface area contributed by atoms with Crippen LogP contribution in [0.1, 0.15) is 45.6 Å². The van der Waals surface area contributed by atoms with Crippen LogP contribution < -0.4 is 14.8 Å². The van der Waals surface area contributed by atoms with Crippen molar-refractivity contribution < 1.29 is 46.8 Å². The number of carbonyl (C=O) groups is 1. The Labute approximate surface area is 276 Å². The van der Waals surface area contributed by atoms with E-state index in [1.165, 1.54) is 23.5 Å². The van der Waals surface area contributed by atoms with Gasteiger partial charge >= 0.3 is 6.09 Å². The van der Waals surface area contributed by atoms with E-state index in [0.29, 0.717) is 30.9 Å². The van der Waals surface area contributed by atoms with Crippen molar-refractivity contribution in [2.24, 2.45) is 16.5 Å². The summed E-state index contributed by atoms with van der Waals surface area (Å²) in [5.41, 5.74) is 1.10. The van der Waals surface area contributed by atoms with Gasteiger partial charge in [-0.2, -0.15) is 4.31 Å². The highest BCUT2D eigenvalue weighted by Crippen LogP contribution is 2.36. The smallest absolute Gasteiger partial charge is 0.407 e. The predicted molar refractivity (Wildman–Crippen MR) is 172 cm³/mol. The Morgan fingerprint density at radius 1 is 1.15 bits per heavy atom. The zero-order chi connectivity index (χ0) is 33.6. The zero-order valence-corrected chi connectivity index (χ0v) is 28.1. The predicted octanol–water partition coefficient (Wildman–Crippen LogP) is 3.69. The number of hydrogen-bond donors (Lipinski definition) is 2. The van der Waals surface area contributed by atoms with E-state index < -0.39 is 39.8 Å². The van der Waals surface area contributed by atoms with Crippen molar-refractivity contribution in [2.45, 2.75) is 75.9 Å². The molecule has 0 aromatic heterocycles. The summed E-state index contributed by atoms with van der Waals surface area (Å²) in [6, 6.07) is 12.9. The first-order valence-corrected chi connectivity index (χ1v) is 17.3. The van der Waals surface area contributed by atoms with Crippen molar-refractivity contribution >= 4 is 21.8 Å². The maximum absolute atomic E-state index is 14.3. The van der Waals surface area contributed by atoms with Gasteiger partial charge in [-0.25, -0.2) is 13.2 Å². The van der Waals surface area contributed by atoms with Crippen LogP contribution in [0, 0.1) is 11.3 Å². The van der Waals surface area contributed by atoms with Crippen molar-refractivity contribution in [1.29, 1.82) is 0 Å². The molecule has 2 saturated heterocycles. The van der Waals surface area contributed by atoms with Crippen molar-refractivity contribution in [2.75, 3.05) is 40.2 Å². The average molecular weight is 676 g/mol. The molecule has 47 heavy (non-hydrogen) atoms. The van der Waals surface area contributed by atoms with Gasteiger partial charge in [-0.15, -0.1) is 0 Å². The number of fused-ring (bicyclic) bond motifs is 2. The Morgan fingerprint density at radius 3 is 2.68 bits per heavy atom. The summed E-state index contributed by atoms with van der Waals surface area (Å²) < 4.78 is 57.5. The minimum absolute atomic E-state index is 0.00101. The van der Waals surface area contributed by atoms with Crippen molar-refractivity contribution in [3.63, 3.8) is 0 Å². The molecule has 258 valence electrons. The molecule has 3 aliphatic rings. The van der Waals surface area contributed by atoms with E-state index >= 15 is 0 Å². The molecule has 5 rings (SSSR count). The van der Waals surface area contributed by atoms with Crippen LogP contribution in [-0.4, -0.2) is 94.4 Å². The van der Waals surface area contributed by atoms with Gasteiger partial charge in [-0.05, 0) is 55.7 Å². The normalized spacial score (nSPS) is 22.2. The molecule has 2 aromatic carbocycles. The molecule has 2 fully saturated rings. The fourth-order valence-corrected chi connectivity index (χ4v) is 7.73. The van der Waals surface area contributed by atoms with Crippen LogP contribution in [0.25, 0.3) is 0 Å². The number of alkyl carbamates (subject to hydrolysis) is 1. The first-order chi connectivity index (χ1) is 22.4. The molecule has 3 heterocycles. The lowest BCUT2D eigenvalue weighted by Crippen LogP contribution is -2.52. The Kier molecular flexibility index (Phi) is 11.3. The second-order valence-corrected chi connectivity index (χ2v) is 14.9. The van der Waals surface area contributed by atoms with Crippen molar-refractivity contribution in [3.05, 3.63) is 54.1 Å². The number of rotatable bonds is 15. The van der Waals surface area contributed by atoms with Crippen LogP contribution in [0.5, 0.6) is 11.5 Å². The van der Waals surface area contributed by atoms with E-state index in [1.807, 2.05) is 51.1 Å². The Balaban J connectivity index is 1.38. The first kappa shape index (κ1) is 34.9. The maximum atomic E-state index is 14.3. The van der Waals surface area contributed by atoms with Gasteiger partial charge in [0.1, 0.15) is 13.2 Å². The number of aliphatic hydroxyl groups excluding tert-OH is 1.